The largest absolute Gasteiger partial charge is 0.392 e. The fraction of sp³-hybridized carbons (Fsp3) is 0.692. The Bertz CT molecular complexity index is 288. The Morgan fingerprint density at radius 1 is 1.50 bits per heavy atom. The van der Waals surface area contributed by atoms with Gasteiger partial charge in [-0.25, -0.2) is 0 Å². The van der Waals surface area contributed by atoms with E-state index in [1.807, 2.05) is 0 Å². The van der Waals surface area contributed by atoms with E-state index in [1.165, 1.54) is 0 Å². The first-order chi connectivity index (χ1) is 6.44. The van der Waals surface area contributed by atoms with Crippen molar-refractivity contribution in [2.45, 2.75) is 33.3 Å². The topological polar surface area (TPSA) is 20.2 Å². The lowest BCUT2D eigenvalue weighted by atomic mass is 9.53. The van der Waals surface area contributed by atoms with Gasteiger partial charge in [0.1, 0.15) is 0 Å². The predicted molar refractivity (Wildman–Crippen MR) is 58.8 cm³/mol. The smallest absolute Gasteiger partial charge is 0.0616 e. The molecule has 1 saturated carbocycles. The van der Waals surface area contributed by atoms with E-state index in [-0.39, 0.29) is 17.4 Å². The maximum atomic E-state index is 10.1. The van der Waals surface area contributed by atoms with Crippen LogP contribution in [0.15, 0.2) is 24.3 Å². The summed E-state index contributed by atoms with van der Waals surface area (Å²) in [5, 5.41) is 10.1. The van der Waals surface area contributed by atoms with Crippen molar-refractivity contribution in [1.29, 1.82) is 0 Å². The van der Waals surface area contributed by atoms with Crippen molar-refractivity contribution in [1.82, 2.24) is 0 Å². The molecule has 0 aromatic carbocycles. The van der Waals surface area contributed by atoms with Crippen LogP contribution >= 0.6 is 0 Å². The van der Waals surface area contributed by atoms with Crippen LogP contribution in [0.3, 0.4) is 0 Å². The second kappa shape index (κ2) is 2.96. The number of aliphatic hydroxyl groups is 1. The molecule has 0 saturated heterocycles. The van der Waals surface area contributed by atoms with Crippen LogP contribution in [0.1, 0.15) is 27.2 Å². The molecule has 78 valence electrons. The van der Waals surface area contributed by atoms with Crippen molar-refractivity contribution < 1.29 is 5.11 Å². The molecule has 14 heavy (non-hydrogen) atoms. The molecule has 1 nitrogen and oxygen atoms in total. The summed E-state index contributed by atoms with van der Waals surface area (Å²) in [6, 6.07) is 0. The van der Waals surface area contributed by atoms with Crippen LogP contribution < -0.4 is 0 Å². The zero-order chi connectivity index (χ0) is 10.5. The maximum Gasteiger partial charge on any atom is 0.0616 e. The summed E-state index contributed by atoms with van der Waals surface area (Å²) in [6.07, 6.45) is 5.12. The Balaban J connectivity index is 2.45. The average molecular weight is 192 g/mol. The van der Waals surface area contributed by atoms with E-state index >= 15 is 0 Å². The van der Waals surface area contributed by atoms with E-state index in [4.69, 9.17) is 0 Å². The minimum absolute atomic E-state index is 0.170. The van der Waals surface area contributed by atoms with Gasteiger partial charge >= 0.3 is 0 Å². The molecule has 0 radical (unpaired) electrons. The second-order valence-corrected chi connectivity index (χ2v) is 5.54. The zero-order valence-electron chi connectivity index (χ0n) is 9.33. The molecule has 2 aliphatic rings. The highest BCUT2D eigenvalue weighted by molar-refractivity contribution is 5.30. The van der Waals surface area contributed by atoms with Crippen LogP contribution in [0.5, 0.6) is 0 Å². The lowest BCUT2D eigenvalue weighted by Crippen LogP contribution is -2.49. The third-order valence-corrected chi connectivity index (χ3v) is 4.19. The molecule has 0 aliphatic heterocycles. The highest BCUT2D eigenvalue weighted by atomic mass is 16.3. The first-order valence-corrected chi connectivity index (χ1v) is 5.49. The number of allylic oxidation sites excluding steroid dienone is 2. The van der Waals surface area contributed by atoms with Gasteiger partial charge in [-0.2, -0.15) is 0 Å². The third kappa shape index (κ3) is 1.18. The van der Waals surface area contributed by atoms with E-state index in [0.717, 1.165) is 12.0 Å². The van der Waals surface area contributed by atoms with Gasteiger partial charge in [0, 0.05) is 5.92 Å². The summed E-state index contributed by atoms with van der Waals surface area (Å²) in [5.41, 5.74) is 1.27. The van der Waals surface area contributed by atoms with E-state index in [1.54, 1.807) is 0 Å². The molecule has 0 aromatic rings. The van der Waals surface area contributed by atoms with Crippen LogP contribution in [-0.2, 0) is 0 Å². The summed E-state index contributed by atoms with van der Waals surface area (Å²) >= 11 is 0. The Morgan fingerprint density at radius 3 is 2.79 bits per heavy atom. The summed E-state index contributed by atoms with van der Waals surface area (Å²) in [4.78, 5) is 0. The van der Waals surface area contributed by atoms with Gasteiger partial charge < -0.3 is 5.11 Å². The summed E-state index contributed by atoms with van der Waals surface area (Å²) < 4.78 is 0. The second-order valence-electron chi connectivity index (χ2n) is 5.54. The monoisotopic (exact) mass is 192 g/mol. The van der Waals surface area contributed by atoms with Crippen molar-refractivity contribution in [2.24, 2.45) is 23.2 Å². The summed E-state index contributed by atoms with van der Waals surface area (Å²) in [7, 11) is 0. The molecular weight excluding hydrogens is 172 g/mol. The van der Waals surface area contributed by atoms with Gasteiger partial charge in [-0.15, -0.1) is 0 Å². The number of hydrogen-bond donors (Lipinski definition) is 1. The van der Waals surface area contributed by atoms with Gasteiger partial charge in [0.2, 0.25) is 0 Å². The molecule has 2 aliphatic carbocycles. The lowest BCUT2D eigenvalue weighted by Gasteiger charge is -2.52. The van der Waals surface area contributed by atoms with Crippen molar-refractivity contribution in [3.05, 3.63) is 24.3 Å². The van der Waals surface area contributed by atoms with Crippen LogP contribution in [0, 0.1) is 23.2 Å². The maximum absolute atomic E-state index is 10.1. The van der Waals surface area contributed by atoms with Crippen LogP contribution in [0.4, 0.5) is 0 Å². The molecule has 0 heterocycles. The summed E-state index contributed by atoms with van der Waals surface area (Å²) in [5.74, 6) is 1.44. The van der Waals surface area contributed by atoms with E-state index < -0.39 is 0 Å². The molecule has 4 unspecified atom stereocenters. The lowest BCUT2D eigenvalue weighted by molar-refractivity contribution is -0.0432. The van der Waals surface area contributed by atoms with Crippen LogP contribution in [0.2, 0.25) is 0 Å². The van der Waals surface area contributed by atoms with Crippen LogP contribution in [0.25, 0.3) is 0 Å². The zero-order valence-corrected chi connectivity index (χ0v) is 9.33. The minimum Gasteiger partial charge on any atom is -0.392 e. The minimum atomic E-state index is -0.200. The van der Waals surface area contributed by atoms with Crippen molar-refractivity contribution in [2.75, 3.05) is 0 Å². The average Bonchev–Trinajstić information content (AvgIpc) is 1.99. The Morgan fingerprint density at radius 2 is 2.14 bits per heavy atom. The van der Waals surface area contributed by atoms with E-state index in [9.17, 15) is 5.11 Å². The van der Waals surface area contributed by atoms with Gasteiger partial charge in [-0.1, -0.05) is 39.5 Å². The third-order valence-electron chi connectivity index (χ3n) is 4.19. The molecule has 1 heteroatoms. The van der Waals surface area contributed by atoms with E-state index in [0.29, 0.717) is 11.8 Å². The van der Waals surface area contributed by atoms with E-state index in [2.05, 4.69) is 39.5 Å². The Kier molecular flexibility index (Phi) is 2.11. The van der Waals surface area contributed by atoms with Gasteiger partial charge in [-0.05, 0) is 29.2 Å². The Hall–Kier alpha value is -0.560. The first-order valence-electron chi connectivity index (χ1n) is 5.49. The summed E-state index contributed by atoms with van der Waals surface area (Å²) in [6.45, 7) is 10.8. The molecule has 0 amide bonds. The number of rotatable bonds is 0. The fourth-order valence-electron chi connectivity index (χ4n) is 3.59. The van der Waals surface area contributed by atoms with Crippen LogP contribution in [-0.4, -0.2) is 11.2 Å². The number of fused-ring (bicyclic) bond motifs is 2. The molecule has 2 bridgehead atoms. The highest BCUT2D eigenvalue weighted by Crippen LogP contribution is 2.53. The van der Waals surface area contributed by atoms with Crippen molar-refractivity contribution >= 4 is 0 Å². The first kappa shape index (κ1) is 9.97. The van der Waals surface area contributed by atoms with Gasteiger partial charge in [0.15, 0.2) is 0 Å². The number of aliphatic hydroxyl groups excluding tert-OH is 1. The van der Waals surface area contributed by atoms with Crippen molar-refractivity contribution in [3.8, 4) is 0 Å². The molecular formula is C13H20O. The normalized spacial score (nSPS) is 45.3. The van der Waals surface area contributed by atoms with Gasteiger partial charge in [0.05, 0.1) is 6.10 Å². The molecule has 2 rings (SSSR count). The van der Waals surface area contributed by atoms with Gasteiger partial charge in [-0.3, -0.25) is 0 Å². The fourth-order valence-corrected chi connectivity index (χ4v) is 3.59. The predicted octanol–water partition coefficient (Wildman–Crippen LogP) is 2.77. The standard InChI is InChI=1S/C13H20O/c1-8-5-6-10-9(2)7-11(14)12(8)13(10,3)4/h5-6,9-12,14H,1,7H2,2-4H3. The number of hydrogen-bond acceptors (Lipinski definition) is 1. The quantitative estimate of drug-likeness (QED) is 0.625. The molecule has 0 aromatic heterocycles. The molecule has 4 atom stereocenters. The highest BCUT2D eigenvalue weighted by Gasteiger charge is 2.49. The molecule has 1 N–H and O–H groups in total. The van der Waals surface area contributed by atoms with Crippen molar-refractivity contribution in [3.63, 3.8) is 0 Å². The Labute approximate surface area is 86.5 Å². The molecule has 1 fully saturated rings. The van der Waals surface area contributed by atoms with Gasteiger partial charge in [0.25, 0.3) is 0 Å². The SMILES string of the molecule is C=C1C=CC2C(C)CC(O)C1C2(C)C. The molecule has 0 spiro atoms.